The Kier molecular flexibility index (Phi) is 3.99. The molecule has 1 aromatic rings. The molecule has 108 valence electrons. The maximum Gasteiger partial charge on any atom is 0.267 e. The minimum atomic E-state index is -3.80. The van der Waals surface area contributed by atoms with Crippen molar-refractivity contribution in [2.75, 3.05) is 0 Å². The van der Waals surface area contributed by atoms with E-state index >= 15 is 0 Å². The van der Waals surface area contributed by atoms with Crippen molar-refractivity contribution in [1.29, 1.82) is 0 Å². The van der Waals surface area contributed by atoms with E-state index in [-0.39, 0.29) is 17.2 Å². The lowest BCUT2D eigenvalue weighted by atomic mass is 9.99. The van der Waals surface area contributed by atoms with Gasteiger partial charge in [0, 0.05) is 6.42 Å². The molecule has 1 amide bonds. The van der Waals surface area contributed by atoms with Crippen LogP contribution in [0.15, 0.2) is 41.3 Å². The van der Waals surface area contributed by atoms with Gasteiger partial charge in [-0.05, 0) is 38.8 Å². The predicted octanol–water partition coefficient (Wildman–Crippen LogP) is 2.64. The number of sulfonamides is 1. The summed E-state index contributed by atoms with van der Waals surface area (Å²) in [6.45, 7) is 7.48. The van der Waals surface area contributed by atoms with Gasteiger partial charge in [-0.2, -0.15) is 0 Å². The van der Waals surface area contributed by atoms with Gasteiger partial charge in [-0.3, -0.25) is 4.79 Å². The zero-order valence-electron chi connectivity index (χ0n) is 11.8. The maximum absolute atomic E-state index is 12.7. The standard InChI is InChI=1S/C15H19NO3S/c1-11(2)14-5-4-6-15(17)16(14)20(18,19)13-9-7-12(3)8-10-13/h7-10,14H,1,4-6H2,2-3H3. The molecule has 1 aliphatic heterocycles. The number of benzene rings is 1. The van der Waals surface area contributed by atoms with Crippen LogP contribution in [-0.4, -0.2) is 24.7 Å². The minimum absolute atomic E-state index is 0.157. The van der Waals surface area contributed by atoms with Crippen LogP contribution in [0.1, 0.15) is 31.7 Å². The SMILES string of the molecule is C=C(C)C1CCCC(=O)N1S(=O)(=O)c1ccc(C)cc1. The number of hydrogen-bond donors (Lipinski definition) is 0. The highest BCUT2D eigenvalue weighted by atomic mass is 32.2. The van der Waals surface area contributed by atoms with Crippen molar-refractivity contribution in [2.45, 2.75) is 44.0 Å². The highest BCUT2D eigenvalue weighted by molar-refractivity contribution is 7.89. The first-order valence-electron chi connectivity index (χ1n) is 6.63. The van der Waals surface area contributed by atoms with Crippen molar-refractivity contribution in [1.82, 2.24) is 4.31 Å². The molecule has 0 bridgehead atoms. The Labute approximate surface area is 120 Å². The highest BCUT2D eigenvalue weighted by Gasteiger charge is 2.38. The largest absolute Gasteiger partial charge is 0.274 e. The van der Waals surface area contributed by atoms with Crippen LogP contribution < -0.4 is 0 Å². The molecule has 1 fully saturated rings. The summed E-state index contributed by atoms with van der Waals surface area (Å²) in [4.78, 5) is 12.3. The summed E-state index contributed by atoms with van der Waals surface area (Å²) >= 11 is 0. The molecule has 2 rings (SSSR count). The molecule has 1 atom stereocenters. The van der Waals surface area contributed by atoms with E-state index < -0.39 is 16.1 Å². The van der Waals surface area contributed by atoms with E-state index in [0.717, 1.165) is 9.87 Å². The van der Waals surface area contributed by atoms with Crippen LogP contribution in [0.3, 0.4) is 0 Å². The number of nitrogens with zero attached hydrogens (tertiary/aromatic N) is 1. The Balaban J connectivity index is 2.47. The van der Waals surface area contributed by atoms with Crippen molar-refractivity contribution >= 4 is 15.9 Å². The third-order valence-corrected chi connectivity index (χ3v) is 5.39. The molecular formula is C15H19NO3S. The van der Waals surface area contributed by atoms with Gasteiger partial charge < -0.3 is 0 Å². The average Bonchev–Trinajstić information content (AvgIpc) is 2.38. The molecular weight excluding hydrogens is 274 g/mol. The van der Waals surface area contributed by atoms with Crippen LogP contribution >= 0.6 is 0 Å². The first kappa shape index (κ1) is 14.8. The van der Waals surface area contributed by atoms with Gasteiger partial charge in [0.15, 0.2) is 0 Å². The van der Waals surface area contributed by atoms with Gasteiger partial charge in [0.25, 0.3) is 10.0 Å². The molecule has 0 radical (unpaired) electrons. The van der Waals surface area contributed by atoms with Gasteiger partial charge in [-0.15, -0.1) is 0 Å². The van der Waals surface area contributed by atoms with Gasteiger partial charge >= 0.3 is 0 Å². The lowest BCUT2D eigenvalue weighted by Crippen LogP contribution is -2.47. The fourth-order valence-electron chi connectivity index (χ4n) is 2.42. The lowest BCUT2D eigenvalue weighted by molar-refractivity contribution is -0.129. The van der Waals surface area contributed by atoms with Crippen LogP contribution in [-0.2, 0) is 14.8 Å². The van der Waals surface area contributed by atoms with Gasteiger partial charge in [0.1, 0.15) is 0 Å². The first-order valence-corrected chi connectivity index (χ1v) is 8.07. The minimum Gasteiger partial charge on any atom is -0.274 e. The third kappa shape index (κ3) is 2.63. The normalized spacial score (nSPS) is 20.0. The number of piperidine rings is 1. The third-order valence-electron chi connectivity index (χ3n) is 3.54. The molecule has 20 heavy (non-hydrogen) atoms. The highest BCUT2D eigenvalue weighted by Crippen LogP contribution is 2.29. The number of hydrogen-bond acceptors (Lipinski definition) is 3. The van der Waals surface area contributed by atoms with Crippen LogP contribution in [0.5, 0.6) is 0 Å². The van der Waals surface area contributed by atoms with Gasteiger partial charge in [-0.25, -0.2) is 12.7 Å². The zero-order valence-corrected chi connectivity index (χ0v) is 12.6. The summed E-state index contributed by atoms with van der Waals surface area (Å²) in [5.41, 5.74) is 1.68. The summed E-state index contributed by atoms with van der Waals surface area (Å²) in [5, 5.41) is 0. The first-order chi connectivity index (χ1) is 9.34. The van der Waals surface area contributed by atoms with Crippen LogP contribution in [0.4, 0.5) is 0 Å². The quantitative estimate of drug-likeness (QED) is 0.805. The van der Waals surface area contributed by atoms with E-state index in [2.05, 4.69) is 6.58 Å². The van der Waals surface area contributed by atoms with E-state index in [1.807, 2.05) is 6.92 Å². The lowest BCUT2D eigenvalue weighted by Gasteiger charge is -2.35. The monoisotopic (exact) mass is 293 g/mol. The summed E-state index contributed by atoms with van der Waals surface area (Å²) in [6.07, 6.45) is 1.62. The van der Waals surface area contributed by atoms with E-state index in [1.165, 1.54) is 0 Å². The zero-order chi connectivity index (χ0) is 14.9. The van der Waals surface area contributed by atoms with Crippen molar-refractivity contribution in [3.8, 4) is 0 Å². The van der Waals surface area contributed by atoms with Gasteiger partial charge in [-0.1, -0.05) is 29.8 Å². The Hall–Kier alpha value is -1.62. The second kappa shape index (κ2) is 5.40. The smallest absolute Gasteiger partial charge is 0.267 e. The summed E-state index contributed by atoms with van der Waals surface area (Å²) in [6, 6.07) is 6.13. The second-order valence-corrected chi connectivity index (χ2v) is 7.08. The van der Waals surface area contributed by atoms with E-state index in [9.17, 15) is 13.2 Å². The van der Waals surface area contributed by atoms with Crippen molar-refractivity contribution in [3.63, 3.8) is 0 Å². The molecule has 0 aliphatic carbocycles. The summed E-state index contributed by atoms with van der Waals surface area (Å²) < 4.78 is 26.4. The predicted molar refractivity (Wildman–Crippen MR) is 77.7 cm³/mol. The molecule has 1 unspecified atom stereocenters. The molecule has 0 N–H and O–H groups in total. The van der Waals surface area contributed by atoms with E-state index in [1.54, 1.807) is 31.2 Å². The Morgan fingerprint density at radius 2 is 1.90 bits per heavy atom. The fraction of sp³-hybridized carbons (Fsp3) is 0.400. The van der Waals surface area contributed by atoms with E-state index in [0.29, 0.717) is 18.4 Å². The molecule has 5 heteroatoms. The van der Waals surface area contributed by atoms with Crippen molar-refractivity contribution < 1.29 is 13.2 Å². The summed E-state index contributed by atoms with van der Waals surface area (Å²) in [7, 11) is -3.80. The van der Waals surface area contributed by atoms with Crippen molar-refractivity contribution in [2.24, 2.45) is 0 Å². The molecule has 0 saturated carbocycles. The van der Waals surface area contributed by atoms with Crippen molar-refractivity contribution in [3.05, 3.63) is 42.0 Å². The molecule has 4 nitrogen and oxygen atoms in total. The van der Waals surface area contributed by atoms with Crippen LogP contribution in [0, 0.1) is 6.92 Å². The van der Waals surface area contributed by atoms with Gasteiger partial charge in [0.2, 0.25) is 5.91 Å². The number of carbonyl (C=O) groups is 1. The topological polar surface area (TPSA) is 54.5 Å². The Bertz CT molecular complexity index is 632. The number of amides is 1. The molecule has 0 aromatic heterocycles. The Morgan fingerprint density at radius 3 is 2.45 bits per heavy atom. The Morgan fingerprint density at radius 1 is 1.30 bits per heavy atom. The number of rotatable bonds is 3. The van der Waals surface area contributed by atoms with E-state index in [4.69, 9.17) is 0 Å². The molecule has 1 aliphatic rings. The fourth-order valence-corrected chi connectivity index (χ4v) is 4.11. The van der Waals surface area contributed by atoms with Gasteiger partial charge in [0.05, 0.1) is 10.9 Å². The molecule has 1 aromatic carbocycles. The molecule has 1 saturated heterocycles. The number of carbonyl (C=O) groups excluding carboxylic acids is 1. The van der Waals surface area contributed by atoms with Crippen LogP contribution in [0.2, 0.25) is 0 Å². The summed E-state index contributed by atoms with van der Waals surface area (Å²) in [5.74, 6) is -0.343. The van der Waals surface area contributed by atoms with Crippen LogP contribution in [0.25, 0.3) is 0 Å². The number of aryl methyl sites for hydroxylation is 1. The molecule has 0 spiro atoms. The second-order valence-electron chi connectivity index (χ2n) is 5.26. The molecule has 1 heterocycles. The maximum atomic E-state index is 12.7. The average molecular weight is 293 g/mol.